The van der Waals surface area contributed by atoms with Gasteiger partial charge in [0, 0.05) is 26.2 Å². The molecule has 88 valence electrons. The number of piperidine rings is 1. The first kappa shape index (κ1) is 12.4. The molecule has 0 spiro atoms. The Hall–Kier alpha value is -0.650. The van der Waals surface area contributed by atoms with E-state index in [0.717, 1.165) is 25.9 Å². The number of methoxy groups -OCH3 is 1. The van der Waals surface area contributed by atoms with Gasteiger partial charge < -0.3 is 15.8 Å². The number of rotatable bonds is 5. The number of ether oxygens (including phenoxy) is 1. The second-order valence-electron chi connectivity index (χ2n) is 3.98. The minimum atomic E-state index is 0.0566. The summed E-state index contributed by atoms with van der Waals surface area (Å²) in [6.45, 7) is 3.40. The Bertz CT molecular complexity index is 199. The summed E-state index contributed by atoms with van der Waals surface area (Å²) in [5.74, 6) is 0.0566. The van der Waals surface area contributed by atoms with Gasteiger partial charge in [0.2, 0.25) is 5.91 Å². The van der Waals surface area contributed by atoms with E-state index in [4.69, 9.17) is 10.5 Å². The van der Waals surface area contributed by atoms with Gasteiger partial charge >= 0.3 is 0 Å². The molecule has 5 nitrogen and oxygen atoms in total. The zero-order chi connectivity index (χ0) is 11.1. The second-order valence-corrected chi connectivity index (χ2v) is 3.98. The quantitative estimate of drug-likeness (QED) is 0.588. The molecule has 1 atom stereocenters. The molecule has 1 heterocycles. The van der Waals surface area contributed by atoms with Crippen molar-refractivity contribution in [2.24, 2.45) is 5.73 Å². The molecule has 3 N–H and O–H groups in total. The van der Waals surface area contributed by atoms with Gasteiger partial charge in [0.1, 0.15) is 0 Å². The van der Waals surface area contributed by atoms with Crippen molar-refractivity contribution in [2.45, 2.75) is 18.9 Å². The average molecular weight is 215 g/mol. The Kier molecular flexibility index (Phi) is 5.60. The predicted octanol–water partition coefficient (Wildman–Crippen LogP) is -0.828. The van der Waals surface area contributed by atoms with Crippen molar-refractivity contribution in [1.29, 1.82) is 0 Å². The fourth-order valence-corrected chi connectivity index (χ4v) is 1.79. The summed E-state index contributed by atoms with van der Waals surface area (Å²) < 4.78 is 4.85. The number of likely N-dealkylation sites (tertiary alicyclic amines) is 1. The van der Waals surface area contributed by atoms with Gasteiger partial charge in [-0.2, -0.15) is 0 Å². The van der Waals surface area contributed by atoms with Gasteiger partial charge in [0.15, 0.2) is 0 Å². The highest BCUT2D eigenvalue weighted by atomic mass is 16.5. The molecule has 1 unspecified atom stereocenters. The molecule has 0 aromatic rings. The molecule has 0 saturated carbocycles. The number of hydrogen-bond donors (Lipinski definition) is 2. The number of amides is 1. The third-order valence-electron chi connectivity index (χ3n) is 2.54. The molecular weight excluding hydrogens is 194 g/mol. The van der Waals surface area contributed by atoms with E-state index in [-0.39, 0.29) is 11.9 Å². The van der Waals surface area contributed by atoms with Crippen LogP contribution in [0.3, 0.4) is 0 Å². The number of hydrogen-bond acceptors (Lipinski definition) is 4. The van der Waals surface area contributed by atoms with Gasteiger partial charge in [0.05, 0.1) is 13.2 Å². The zero-order valence-electron chi connectivity index (χ0n) is 9.37. The van der Waals surface area contributed by atoms with E-state index in [1.807, 2.05) is 0 Å². The molecule has 1 amide bonds. The minimum absolute atomic E-state index is 0.0566. The van der Waals surface area contributed by atoms with Crippen molar-refractivity contribution in [3.8, 4) is 0 Å². The van der Waals surface area contributed by atoms with Crippen LogP contribution in [0.2, 0.25) is 0 Å². The van der Waals surface area contributed by atoms with Gasteiger partial charge in [-0.25, -0.2) is 0 Å². The summed E-state index contributed by atoms with van der Waals surface area (Å²) in [6.07, 6.45) is 2.16. The summed E-state index contributed by atoms with van der Waals surface area (Å²) in [7, 11) is 1.62. The van der Waals surface area contributed by atoms with Crippen LogP contribution in [0, 0.1) is 0 Å². The predicted molar refractivity (Wildman–Crippen MR) is 58.5 cm³/mol. The van der Waals surface area contributed by atoms with Crippen molar-refractivity contribution < 1.29 is 9.53 Å². The molecule has 1 saturated heterocycles. The highest BCUT2D eigenvalue weighted by molar-refractivity contribution is 5.77. The maximum absolute atomic E-state index is 11.4. The van der Waals surface area contributed by atoms with Crippen LogP contribution in [0.4, 0.5) is 0 Å². The van der Waals surface area contributed by atoms with E-state index in [9.17, 15) is 4.79 Å². The topological polar surface area (TPSA) is 67.6 Å². The molecule has 1 rings (SSSR count). The molecule has 5 heteroatoms. The van der Waals surface area contributed by atoms with Crippen molar-refractivity contribution >= 4 is 5.91 Å². The molecule has 1 aliphatic heterocycles. The summed E-state index contributed by atoms with van der Waals surface area (Å²) in [5, 5.41) is 2.80. The molecular formula is C10H21N3O2. The van der Waals surface area contributed by atoms with Crippen molar-refractivity contribution in [2.75, 3.05) is 39.9 Å². The molecule has 15 heavy (non-hydrogen) atoms. The van der Waals surface area contributed by atoms with E-state index in [2.05, 4.69) is 10.2 Å². The summed E-state index contributed by atoms with van der Waals surface area (Å²) in [6, 6.07) is 0.227. The minimum Gasteiger partial charge on any atom is -0.383 e. The summed E-state index contributed by atoms with van der Waals surface area (Å²) in [5.41, 5.74) is 5.83. The van der Waals surface area contributed by atoms with Gasteiger partial charge in [-0.3, -0.25) is 9.69 Å². The van der Waals surface area contributed by atoms with Gasteiger partial charge in [-0.15, -0.1) is 0 Å². The molecule has 0 aromatic carbocycles. The molecule has 1 aliphatic rings. The monoisotopic (exact) mass is 215 g/mol. The van der Waals surface area contributed by atoms with Crippen LogP contribution in [0.5, 0.6) is 0 Å². The SMILES string of the molecule is COCCNC(=O)CN1CCCC(N)C1. The molecule has 0 radical (unpaired) electrons. The highest BCUT2D eigenvalue weighted by Crippen LogP contribution is 2.06. The van der Waals surface area contributed by atoms with Crippen LogP contribution >= 0.6 is 0 Å². The van der Waals surface area contributed by atoms with E-state index in [1.54, 1.807) is 7.11 Å². The van der Waals surface area contributed by atoms with Crippen LogP contribution in [0.1, 0.15) is 12.8 Å². The fourth-order valence-electron chi connectivity index (χ4n) is 1.79. The Morgan fingerprint density at radius 2 is 2.47 bits per heavy atom. The Morgan fingerprint density at radius 3 is 3.13 bits per heavy atom. The van der Waals surface area contributed by atoms with Crippen LogP contribution < -0.4 is 11.1 Å². The number of nitrogens with zero attached hydrogens (tertiary/aromatic N) is 1. The van der Waals surface area contributed by atoms with Gasteiger partial charge in [-0.05, 0) is 19.4 Å². The highest BCUT2D eigenvalue weighted by Gasteiger charge is 2.18. The molecule has 0 bridgehead atoms. The lowest BCUT2D eigenvalue weighted by atomic mass is 10.1. The van der Waals surface area contributed by atoms with Gasteiger partial charge in [0.25, 0.3) is 0 Å². The normalized spacial score (nSPS) is 22.7. The summed E-state index contributed by atoms with van der Waals surface area (Å²) >= 11 is 0. The Morgan fingerprint density at radius 1 is 1.67 bits per heavy atom. The largest absolute Gasteiger partial charge is 0.383 e. The first-order valence-electron chi connectivity index (χ1n) is 5.46. The maximum atomic E-state index is 11.4. The average Bonchev–Trinajstić information content (AvgIpc) is 2.18. The van der Waals surface area contributed by atoms with Gasteiger partial charge in [-0.1, -0.05) is 0 Å². The lowest BCUT2D eigenvalue weighted by Crippen LogP contribution is -2.47. The Labute approximate surface area is 90.9 Å². The molecule has 1 fully saturated rings. The summed E-state index contributed by atoms with van der Waals surface area (Å²) in [4.78, 5) is 13.6. The third kappa shape index (κ3) is 5.11. The van der Waals surface area contributed by atoms with Crippen molar-refractivity contribution in [1.82, 2.24) is 10.2 Å². The first-order valence-corrected chi connectivity index (χ1v) is 5.46. The fraction of sp³-hybridized carbons (Fsp3) is 0.900. The van der Waals surface area contributed by atoms with Crippen LogP contribution in [0.25, 0.3) is 0 Å². The van der Waals surface area contributed by atoms with E-state index in [1.165, 1.54) is 0 Å². The third-order valence-corrected chi connectivity index (χ3v) is 2.54. The van der Waals surface area contributed by atoms with E-state index in [0.29, 0.717) is 19.7 Å². The lowest BCUT2D eigenvalue weighted by molar-refractivity contribution is -0.122. The number of carbonyl (C=O) groups is 1. The van der Waals surface area contributed by atoms with Crippen molar-refractivity contribution in [3.05, 3.63) is 0 Å². The maximum Gasteiger partial charge on any atom is 0.234 e. The standard InChI is InChI=1S/C10H21N3O2/c1-15-6-4-12-10(14)8-13-5-2-3-9(11)7-13/h9H,2-8,11H2,1H3,(H,12,14). The first-order chi connectivity index (χ1) is 7.22. The van der Waals surface area contributed by atoms with Crippen molar-refractivity contribution in [3.63, 3.8) is 0 Å². The lowest BCUT2D eigenvalue weighted by Gasteiger charge is -2.29. The number of carbonyl (C=O) groups excluding carboxylic acids is 1. The zero-order valence-corrected chi connectivity index (χ0v) is 9.37. The Balaban J connectivity index is 2.13. The second kappa shape index (κ2) is 6.76. The number of nitrogens with two attached hydrogens (primary N) is 1. The smallest absolute Gasteiger partial charge is 0.234 e. The van der Waals surface area contributed by atoms with Crippen LogP contribution in [-0.2, 0) is 9.53 Å². The molecule has 0 aromatic heterocycles. The number of nitrogens with one attached hydrogen (secondary N) is 1. The van der Waals surface area contributed by atoms with E-state index < -0.39 is 0 Å². The molecule has 0 aliphatic carbocycles. The van der Waals surface area contributed by atoms with E-state index >= 15 is 0 Å². The van der Waals surface area contributed by atoms with Crippen LogP contribution in [0.15, 0.2) is 0 Å². The van der Waals surface area contributed by atoms with Crippen LogP contribution in [-0.4, -0.2) is 56.7 Å².